The second-order valence-electron chi connectivity index (χ2n) is 6.20. The van der Waals surface area contributed by atoms with Crippen LogP contribution in [0.15, 0.2) is 24.3 Å². The SMILES string of the molecule is CNCC(Cc1ccccc1OC)C[Si](C)(C)C. The molecule has 2 nitrogen and oxygen atoms in total. The number of hydrogen-bond donors (Lipinski definition) is 1. The lowest BCUT2D eigenvalue weighted by Crippen LogP contribution is -2.30. The van der Waals surface area contributed by atoms with E-state index in [1.165, 1.54) is 11.6 Å². The third kappa shape index (κ3) is 5.23. The zero-order chi connectivity index (χ0) is 13.6. The summed E-state index contributed by atoms with van der Waals surface area (Å²) in [6, 6.07) is 9.73. The first kappa shape index (κ1) is 15.3. The third-order valence-electron chi connectivity index (χ3n) is 3.09. The normalized spacial score (nSPS) is 13.4. The van der Waals surface area contributed by atoms with Crippen LogP contribution >= 0.6 is 0 Å². The summed E-state index contributed by atoms with van der Waals surface area (Å²) < 4.78 is 5.45. The summed E-state index contributed by atoms with van der Waals surface area (Å²) in [4.78, 5) is 0. The van der Waals surface area contributed by atoms with Crippen LogP contribution in [0.3, 0.4) is 0 Å². The van der Waals surface area contributed by atoms with Crippen LogP contribution in [0.1, 0.15) is 5.56 Å². The van der Waals surface area contributed by atoms with Crippen molar-refractivity contribution in [3.05, 3.63) is 29.8 Å². The fourth-order valence-electron chi connectivity index (χ4n) is 2.55. The van der Waals surface area contributed by atoms with Crippen LogP contribution in [-0.4, -0.2) is 28.8 Å². The lowest BCUT2D eigenvalue weighted by Gasteiger charge is -2.25. The molecular weight excluding hydrogens is 238 g/mol. The summed E-state index contributed by atoms with van der Waals surface area (Å²) >= 11 is 0. The van der Waals surface area contributed by atoms with E-state index in [1.54, 1.807) is 7.11 Å². The fourth-order valence-corrected chi connectivity index (χ4v) is 4.57. The summed E-state index contributed by atoms with van der Waals surface area (Å²) in [5, 5.41) is 3.33. The van der Waals surface area contributed by atoms with Gasteiger partial charge < -0.3 is 10.1 Å². The zero-order valence-corrected chi connectivity index (χ0v) is 13.4. The van der Waals surface area contributed by atoms with E-state index < -0.39 is 8.07 Å². The van der Waals surface area contributed by atoms with Gasteiger partial charge in [0.25, 0.3) is 0 Å². The molecule has 1 unspecified atom stereocenters. The van der Waals surface area contributed by atoms with Gasteiger partial charge in [-0.15, -0.1) is 0 Å². The molecule has 102 valence electrons. The van der Waals surface area contributed by atoms with Crippen molar-refractivity contribution < 1.29 is 4.74 Å². The Morgan fingerprint density at radius 3 is 2.44 bits per heavy atom. The molecule has 0 aliphatic rings. The van der Waals surface area contributed by atoms with Gasteiger partial charge in [-0.2, -0.15) is 0 Å². The average molecular weight is 265 g/mol. The van der Waals surface area contributed by atoms with Crippen LogP contribution in [0.2, 0.25) is 25.7 Å². The Hall–Kier alpha value is -0.803. The molecule has 0 aromatic heterocycles. The number of rotatable bonds is 7. The maximum absolute atomic E-state index is 5.45. The molecule has 1 N–H and O–H groups in total. The average Bonchev–Trinajstić information content (AvgIpc) is 2.28. The standard InChI is InChI=1S/C15H27NOSi/c1-16-11-13(12-18(3,4)5)10-14-8-6-7-9-15(14)17-2/h6-9,13,16H,10-12H2,1-5H3. The molecule has 1 aromatic carbocycles. The molecule has 0 saturated carbocycles. The van der Waals surface area contributed by atoms with Crippen molar-refractivity contribution in [2.24, 2.45) is 5.92 Å². The van der Waals surface area contributed by atoms with E-state index in [0.717, 1.165) is 18.7 Å². The van der Waals surface area contributed by atoms with E-state index in [9.17, 15) is 0 Å². The van der Waals surface area contributed by atoms with Crippen molar-refractivity contribution in [1.29, 1.82) is 0 Å². The first-order valence-corrected chi connectivity index (χ1v) is 10.4. The molecule has 1 rings (SSSR count). The quantitative estimate of drug-likeness (QED) is 0.763. The van der Waals surface area contributed by atoms with Gasteiger partial charge in [0.1, 0.15) is 5.75 Å². The lowest BCUT2D eigenvalue weighted by molar-refractivity contribution is 0.404. The first-order valence-electron chi connectivity index (χ1n) is 6.73. The largest absolute Gasteiger partial charge is 0.496 e. The van der Waals surface area contributed by atoms with Crippen molar-refractivity contribution in [3.63, 3.8) is 0 Å². The van der Waals surface area contributed by atoms with Gasteiger partial charge in [0.15, 0.2) is 0 Å². The first-order chi connectivity index (χ1) is 8.46. The highest BCUT2D eigenvalue weighted by molar-refractivity contribution is 6.76. The summed E-state index contributed by atoms with van der Waals surface area (Å²) in [7, 11) is 2.78. The summed E-state index contributed by atoms with van der Waals surface area (Å²) in [6.45, 7) is 8.41. The van der Waals surface area contributed by atoms with Crippen LogP contribution in [0.4, 0.5) is 0 Å². The predicted octanol–water partition coefficient (Wildman–Crippen LogP) is 3.41. The van der Waals surface area contributed by atoms with Crippen molar-refractivity contribution in [2.45, 2.75) is 32.1 Å². The maximum Gasteiger partial charge on any atom is 0.122 e. The Morgan fingerprint density at radius 1 is 1.22 bits per heavy atom. The van der Waals surface area contributed by atoms with Gasteiger partial charge >= 0.3 is 0 Å². The van der Waals surface area contributed by atoms with Gasteiger partial charge in [-0.05, 0) is 37.6 Å². The monoisotopic (exact) mass is 265 g/mol. The lowest BCUT2D eigenvalue weighted by atomic mass is 10.00. The molecular formula is C15H27NOSi. The molecule has 0 fully saturated rings. The number of methoxy groups -OCH3 is 1. The second kappa shape index (κ2) is 6.95. The molecule has 18 heavy (non-hydrogen) atoms. The third-order valence-corrected chi connectivity index (χ3v) is 4.90. The van der Waals surface area contributed by atoms with Crippen molar-refractivity contribution in [2.75, 3.05) is 20.7 Å². The van der Waals surface area contributed by atoms with Crippen LogP contribution < -0.4 is 10.1 Å². The van der Waals surface area contributed by atoms with E-state index in [-0.39, 0.29) is 0 Å². The van der Waals surface area contributed by atoms with Gasteiger partial charge in [0.2, 0.25) is 0 Å². The van der Waals surface area contributed by atoms with Gasteiger partial charge in [0.05, 0.1) is 7.11 Å². The van der Waals surface area contributed by atoms with E-state index in [4.69, 9.17) is 4.74 Å². The molecule has 0 radical (unpaired) electrons. The summed E-state index contributed by atoms with van der Waals surface area (Å²) in [6.07, 6.45) is 1.11. The molecule has 0 spiro atoms. The molecule has 0 aliphatic heterocycles. The second-order valence-corrected chi connectivity index (χ2v) is 11.7. The minimum absolute atomic E-state index is 0.706. The van der Waals surface area contributed by atoms with Gasteiger partial charge in [0, 0.05) is 8.07 Å². The van der Waals surface area contributed by atoms with Gasteiger partial charge in [-0.1, -0.05) is 43.9 Å². The Morgan fingerprint density at radius 2 is 1.89 bits per heavy atom. The highest BCUT2D eigenvalue weighted by atomic mass is 28.3. The molecule has 0 aliphatic carbocycles. The van der Waals surface area contributed by atoms with Crippen molar-refractivity contribution >= 4 is 8.07 Å². The van der Waals surface area contributed by atoms with Gasteiger partial charge in [-0.3, -0.25) is 0 Å². The van der Waals surface area contributed by atoms with E-state index in [2.05, 4.69) is 43.2 Å². The molecule has 0 bridgehead atoms. The molecule has 0 saturated heterocycles. The molecule has 3 heteroatoms. The van der Waals surface area contributed by atoms with Crippen LogP contribution in [0, 0.1) is 5.92 Å². The number of ether oxygens (including phenoxy) is 1. The van der Waals surface area contributed by atoms with Crippen molar-refractivity contribution in [1.82, 2.24) is 5.32 Å². The smallest absolute Gasteiger partial charge is 0.122 e. The van der Waals surface area contributed by atoms with E-state index >= 15 is 0 Å². The Kier molecular flexibility index (Phi) is 5.89. The van der Waals surface area contributed by atoms with Crippen LogP contribution in [0.25, 0.3) is 0 Å². The summed E-state index contributed by atoms with van der Waals surface area (Å²) in [5.41, 5.74) is 1.33. The minimum atomic E-state index is -1.02. The summed E-state index contributed by atoms with van der Waals surface area (Å²) in [5.74, 6) is 1.73. The number of nitrogens with one attached hydrogen (secondary N) is 1. The van der Waals surface area contributed by atoms with E-state index in [0.29, 0.717) is 5.92 Å². The predicted molar refractivity (Wildman–Crippen MR) is 82.3 cm³/mol. The van der Waals surface area contributed by atoms with Crippen LogP contribution in [-0.2, 0) is 6.42 Å². The number of para-hydroxylation sites is 1. The van der Waals surface area contributed by atoms with E-state index in [1.807, 2.05) is 13.1 Å². The molecule has 1 aromatic rings. The topological polar surface area (TPSA) is 21.3 Å². The molecule has 1 atom stereocenters. The maximum atomic E-state index is 5.45. The minimum Gasteiger partial charge on any atom is -0.496 e. The zero-order valence-electron chi connectivity index (χ0n) is 12.4. The van der Waals surface area contributed by atoms with Gasteiger partial charge in [-0.25, -0.2) is 0 Å². The molecule has 0 amide bonds. The Labute approximate surface area is 113 Å². The van der Waals surface area contributed by atoms with Crippen molar-refractivity contribution in [3.8, 4) is 5.75 Å². The Bertz CT molecular complexity index is 360. The highest BCUT2D eigenvalue weighted by Gasteiger charge is 2.21. The van der Waals surface area contributed by atoms with Crippen LogP contribution in [0.5, 0.6) is 5.75 Å². The number of hydrogen-bond acceptors (Lipinski definition) is 2. The molecule has 0 heterocycles. The number of benzene rings is 1. The fraction of sp³-hybridized carbons (Fsp3) is 0.600. The highest BCUT2D eigenvalue weighted by Crippen LogP contribution is 2.25. The Balaban J connectivity index is 2.76.